The Kier molecular flexibility index (Phi) is 4.77. The van der Waals surface area contributed by atoms with E-state index in [1.165, 1.54) is 0 Å². The summed E-state index contributed by atoms with van der Waals surface area (Å²) in [6.07, 6.45) is -0.267. The Morgan fingerprint density at radius 1 is 1.21 bits per heavy atom. The molecule has 8 nitrogen and oxygen atoms in total. The lowest BCUT2D eigenvalue weighted by molar-refractivity contribution is -0.140. The number of nitrogens with one attached hydrogen (secondary N) is 1. The van der Waals surface area contributed by atoms with Crippen LogP contribution in [0.3, 0.4) is 0 Å². The van der Waals surface area contributed by atoms with E-state index < -0.39 is 17.5 Å². The van der Waals surface area contributed by atoms with Gasteiger partial charge in [-0.3, -0.25) is 14.4 Å². The van der Waals surface area contributed by atoms with Gasteiger partial charge in [-0.2, -0.15) is 0 Å². The molecule has 4 atom stereocenters. The van der Waals surface area contributed by atoms with Crippen molar-refractivity contribution in [3.05, 3.63) is 23.8 Å². The predicted molar refractivity (Wildman–Crippen MR) is 103 cm³/mol. The summed E-state index contributed by atoms with van der Waals surface area (Å²) in [5.74, 6) is 0.435. The lowest BCUT2D eigenvalue weighted by atomic mass is 9.85. The number of hydrogen-bond acceptors (Lipinski definition) is 6. The van der Waals surface area contributed by atoms with Crippen LogP contribution in [0.25, 0.3) is 0 Å². The number of ketones is 1. The van der Waals surface area contributed by atoms with Crippen molar-refractivity contribution < 1.29 is 28.6 Å². The lowest BCUT2D eigenvalue weighted by Gasteiger charge is -2.35. The number of carbonyl (C=O) groups excluding carboxylic acids is 3. The molecule has 8 heteroatoms. The van der Waals surface area contributed by atoms with Gasteiger partial charge in [0.05, 0.1) is 6.10 Å². The highest BCUT2D eigenvalue weighted by Crippen LogP contribution is 2.35. The molecule has 0 spiro atoms. The van der Waals surface area contributed by atoms with Gasteiger partial charge in [-0.25, -0.2) is 0 Å². The van der Waals surface area contributed by atoms with E-state index in [-0.39, 0.29) is 43.0 Å². The van der Waals surface area contributed by atoms with Crippen LogP contribution in [-0.4, -0.2) is 60.6 Å². The normalized spacial score (nSPS) is 26.4. The van der Waals surface area contributed by atoms with Gasteiger partial charge < -0.3 is 24.4 Å². The van der Waals surface area contributed by atoms with Crippen LogP contribution in [0.5, 0.6) is 11.5 Å². The van der Waals surface area contributed by atoms with Gasteiger partial charge in [-0.15, -0.1) is 0 Å². The molecule has 0 aromatic heterocycles. The summed E-state index contributed by atoms with van der Waals surface area (Å²) in [7, 11) is 0. The summed E-state index contributed by atoms with van der Waals surface area (Å²) in [4.78, 5) is 40.2. The van der Waals surface area contributed by atoms with Crippen molar-refractivity contribution in [1.29, 1.82) is 0 Å². The maximum absolute atomic E-state index is 13.4. The lowest BCUT2D eigenvalue weighted by Crippen LogP contribution is -2.57. The minimum atomic E-state index is -0.792. The van der Waals surface area contributed by atoms with Crippen molar-refractivity contribution in [1.82, 2.24) is 10.2 Å². The van der Waals surface area contributed by atoms with E-state index in [1.54, 1.807) is 23.1 Å². The molecule has 0 bridgehead atoms. The minimum Gasteiger partial charge on any atom is -0.454 e. The van der Waals surface area contributed by atoms with E-state index in [2.05, 4.69) is 5.32 Å². The molecule has 0 radical (unpaired) electrons. The molecule has 2 amide bonds. The van der Waals surface area contributed by atoms with Gasteiger partial charge in [0, 0.05) is 18.0 Å². The van der Waals surface area contributed by atoms with Gasteiger partial charge in [0.15, 0.2) is 17.3 Å². The van der Waals surface area contributed by atoms with Crippen molar-refractivity contribution in [2.75, 3.05) is 19.9 Å². The fraction of sp³-hybridized carbons (Fsp3) is 0.571. The Bertz CT molecular complexity index is 861. The fourth-order valence-corrected chi connectivity index (χ4v) is 4.19. The molecule has 0 aliphatic carbocycles. The zero-order chi connectivity index (χ0) is 20.9. The number of amides is 2. The first-order valence-electron chi connectivity index (χ1n) is 9.82. The van der Waals surface area contributed by atoms with Crippen LogP contribution in [-0.2, 0) is 14.3 Å². The molecule has 0 unspecified atom stereocenters. The van der Waals surface area contributed by atoms with Crippen LogP contribution in [0.4, 0.5) is 0 Å². The van der Waals surface area contributed by atoms with E-state index in [4.69, 9.17) is 14.2 Å². The highest BCUT2D eigenvalue weighted by atomic mass is 16.7. The van der Waals surface area contributed by atoms with Gasteiger partial charge in [0.2, 0.25) is 12.7 Å². The third-order valence-electron chi connectivity index (χ3n) is 5.75. The number of Topliss-reactive ketones (excluding diaryl/α,β-unsaturated/α-hetero) is 1. The topological polar surface area (TPSA) is 94.2 Å². The van der Waals surface area contributed by atoms with Crippen molar-refractivity contribution >= 4 is 17.6 Å². The summed E-state index contributed by atoms with van der Waals surface area (Å²) in [6, 6.07) is 3.55. The van der Waals surface area contributed by atoms with Crippen molar-refractivity contribution in [2.24, 2.45) is 11.3 Å². The number of rotatable bonds is 3. The Labute approximate surface area is 169 Å². The van der Waals surface area contributed by atoms with Crippen LogP contribution in [0.15, 0.2) is 18.2 Å². The second-order valence-electron chi connectivity index (χ2n) is 9.00. The van der Waals surface area contributed by atoms with Crippen LogP contribution in [0, 0.1) is 11.3 Å². The smallest absolute Gasteiger partial charge is 0.252 e. The average molecular weight is 402 g/mol. The molecule has 156 valence electrons. The first-order valence-corrected chi connectivity index (χ1v) is 9.82. The van der Waals surface area contributed by atoms with Gasteiger partial charge in [-0.05, 0) is 23.6 Å². The summed E-state index contributed by atoms with van der Waals surface area (Å²) < 4.78 is 16.2. The minimum absolute atomic E-state index is 0.0349. The number of benzene rings is 1. The Balaban J connectivity index is 1.56. The number of carbonyl (C=O) groups is 3. The SMILES string of the molecule is C[C@H]1CN(C(=O)[C@@H](NC(=O)c2ccc3c(c2)OCO3)C(C)(C)C)[C@@H]2C(=O)CO[C@@H]21. The van der Waals surface area contributed by atoms with E-state index in [9.17, 15) is 14.4 Å². The molecular weight excluding hydrogens is 376 g/mol. The van der Waals surface area contributed by atoms with Gasteiger partial charge in [0.25, 0.3) is 5.91 Å². The molecule has 3 heterocycles. The number of likely N-dealkylation sites (tertiary alicyclic amines) is 1. The third-order valence-corrected chi connectivity index (χ3v) is 5.75. The summed E-state index contributed by atoms with van der Waals surface area (Å²) in [6.45, 7) is 8.23. The molecule has 3 aliphatic rings. The molecular formula is C21H26N2O6. The summed E-state index contributed by atoms with van der Waals surface area (Å²) >= 11 is 0. The number of hydrogen-bond donors (Lipinski definition) is 1. The molecule has 1 aromatic rings. The second-order valence-corrected chi connectivity index (χ2v) is 9.00. The maximum atomic E-state index is 13.4. The Hall–Kier alpha value is -2.61. The van der Waals surface area contributed by atoms with Crippen LogP contribution in [0.2, 0.25) is 0 Å². The van der Waals surface area contributed by atoms with Crippen LogP contribution < -0.4 is 14.8 Å². The maximum Gasteiger partial charge on any atom is 0.252 e. The molecule has 29 heavy (non-hydrogen) atoms. The first kappa shape index (κ1) is 19.7. The summed E-state index contributed by atoms with van der Waals surface area (Å²) in [5.41, 5.74) is -0.170. The molecule has 2 saturated heterocycles. The van der Waals surface area contributed by atoms with E-state index in [0.29, 0.717) is 23.6 Å². The van der Waals surface area contributed by atoms with E-state index >= 15 is 0 Å². The zero-order valence-electron chi connectivity index (χ0n) is 17.1. The van der Waals surface area contributed by atoms with Crippen LogP contribution in [0.1, 0.15) is 38.1 Å². The zero-order valence-corrected chi connectivity index (χ0v) is 17.1. The van der Waals surface area contributed by atoms with E-state index in [1.807, 2.05) is 27.7 Å². The van der Waals surface area contributed by atoms with Crippen molar-refractivity contribution in [3.8, 4) is 11.5 Å². The van der Waals surface area contributed by atoms with Gasteiger partial charge in [0.1, 0.15) is 18.7 Å². The van der Waals surface area contributed by atoms with Gasteiger partial charge >= 0.3 is 0 Å². The second kappa shape index (κ2) is 7.02. The largest absolute Gasteiger partial charge is 0.454 e. The van der Waals surface area contributed by atoms with Crippen molar-refractivity contribution in [2.45, 2.75) is 45.9 Å². The Morgan fingerprint density at radius 3 is 2.66 bits per heavy atom. The fourth-order valence-electron chi connectivity index (χ4n) is 4.19. The third kappa shape index (κ3) is 3.46. The summed E-state index contributed by atoms with van der Waals surface area (Å²) in [5, 5.41) is 2.87. The van der Waals surface area contributed by atoms with Crippen LogP contribution >= 0.6 is 0 Å². The van der Waals surface area contributed by atoms with Gasteiger partial charge in [-0.1, -0.05) is 27.7 Å². The Morgan fingerprint density at radius 2 is 1.93 bits per heavy atom. The molecule has 2 fully saturated rings. The highest BCUT2D eigenvalue weighted by molar-refractivity contribution is 6.00. The quantitative estimate of drug-likeness (QED) is 0.821. The predicted octanol–water partition coefficient (Wildman–Crippen LogP) is 1.37. The number of ether oxygens (including phenoxy) is 3. The number of fused-ring (bicyclic) bond motifs is 2. The molecule has 1 aromatic carbocycles. The van der Waals surface area contributed by atoms with E-state index in [0.717, 1.165) is 0 Å². The molecule has 1 N–H and O–H groups in total. The van der Waals surface area contributed by atoms with Crippen molar-refractivity contribution in [3.63, 3.8) is 0 Å². The number of nitrogens with zero attached hydrogens (tertiary/aromatic N) is 1. The molecule has 3 aliphatic heterocycles. The molecule has 4 rings (SSSR count). The molecule has 0 saturated carbocycles. The standard InChI is InChI=1S/C21H26N2O6/c1-11-8-23(16-13(24)9-27-17(11)16)20(26)18(21(2,3)4)22-19(25)12-5-6-14-15(7-12)29-10-28-14/h5-7,11,16-18H,8-10H2,1-4H3,(H,22,25)/t11-,16+,17+,18+/m0/s1. The monoisotopic (exact) mass is 402 g/mol. The highest BCUT2D eigenvalue weighted by Gasteiger charge is 2.52. The average Bonchev–Trinajstić information content (AvgIpc) is 3.35. The first-order chi connectivity index (χ1) is 13.7.